The zero-order valence-electron chi connectivity index (χ0n) is 21.0. The summed E-state index contributed by atoms with van der Waals surface area (Å²) < 4.78 is 30.3. The first-order valence-corrected chi connectivity index (χ1v) is 11.7. The van der Waals surface area contributed by atoms with Crippen LogP contribution in [0.15, 0.2) is 72.3 Å². The van der Waals surface area contributed by atoms with Crippen LogP contribution in [-0.2, 0) is 16.1 Å². The van der Waals surface area contributed by atoms with Crippen molar-refractivity contribution in [2.24, 2.45) is 0 Å². The van der Waals surface area contributed by atoms with Crippen molar-refractivity contribution < 1.29 is 33.3 Å². The SMILES string of the molecule is COc1ccc(CN2C(=O)C(=O)/C(=C(/O)c3cc(F)ccc3OC)C2c2ccc(OC(C)C)cc2)cc1. The zero-order valence-corrected chi connectivity index (χ0v) is 21.0. The maximum atomic E-state index is 14.1. The molecule has 3 aromatic rings. The van der Waals surface area contributed by atoms with Crippen LogP contribution in [0.5, 0.6) is 17.2 Å². The van der Waals surface area contributed by atoms with Crippen LogP contribution in [0.2, 0.25) is 0 Å². The topological polar surface area (TPSA) is 85.3 Å². The fraction of sp³-hybridized carbons (Fsp3) is 0.241. The standard InChI is InChI=1S/C29H28FNO6/c1-17(2)37-22-12-7-19(8-13-22)26-25(27(32)23-15-20(30)9-14-24(23)36-4)28(33)29(34)31(26)16-18-5-10-21(35-3)11-6-18/h5-15,17,26,32H,16H2,1-4H3/b27-25+. The minimum absolute atomic E-state index is 0.0188. The largest absolute Gasteiger partial charge is 0.507 e. The summed E-state index contributed by atoms with van der Waals surface area (Å²) in [5.74, 6) is -1.34. The fourth-order valence-corrected chi connectivity index (χ4v) is 4.33. The Morgan fingerprint density at radius 3 is 2.19 bits per heavy atom. The van der Waals surface area contributed by atoms with Gasteiger partial charge in [0.25, 0.3) is 11.7 Å². The summed E-state index contributed by atoms with van der Waals surface area (Å²) in [5.41, 5.74) is 1.17. The normalized spacial score (nSPS) is 16.8. The van der Waals surface area contributed by atoms with E-state index in [-0.39, 0.29) is 29.5 Å². The van der Waals surface area contributed by atoms with Crippen molar-refractivity contribution in [1.82, 2.24) is 4.90 Å². The van der Waals surface area contributed by atoms with Gasteiger partial charge in [0.05, 0.1) is 37.5 Å². The summed E-state index contributed by atoms with van der Waals surface area (Å²) >= 11 is 0. The molecule has 192 valence electrons. The molecule has 0 bridgehead atoms. The molecule has 1 unspecified atom stereocenters. The molecular formula is C29H28FNO6. The van der Waals surface area contributed by atoms with Gasteiger partial charge in [-0.2, -0.15) is 0 Å². The predicted molar refractivity (Wildman–Crippen MR) is 136 cm³/mol. The van der Waals surface area contributed by atoms with E-state index in [4.69, 9.17) is 14.2 Å². The second kappa shape index (κ2) is 10.7. The predicted octanol–water partition coefficient (Wildman–Crippen LogP) is 5.25. The van der Waals surface area contributed by atoms with Gasteiger partial charge in [-0.15, -0.1) is 0 Å². The molecule has 0 aliphatic carbocycles. The van der Waals surface area contributed by atoms with E-state index >= 15 is 0 Å². The van der Waals surface area contributed by atoms with Crippen LogP contribution < -0.4 is 14.2 Å². The number of ether oxygens (including phenoxy) is 3. The molecule has 1 aliphatic rings. The second-order valence-electron chi connectivity index (χ2n) is 8.86. The molecule has 1 heterocycles. The number of aliphatic hydroxyl groups is 1. The molecule has 0 radical (unpaired) electrons. The van der Waals surface area contributed by atoms with E-state index in [1.54, 1.807) is 55.6 Å². The number of hydrogen-bond acceptors (Lipinski definition) is 6. The number of methoxy groups -OCH3 is 2. The molecule has 3 aromatic carbocycles. The lowest BCUT2D eigenvalue weighted by Gasteiger charge is -2.26. The zero-order chi connectivity index (χ0) is 26.7. The van der Waals surface area contributed by atoms with Crippen LogP contribution in [0.3, 0.4) is 0 Å². The van der Waals surface area contributed by atoms with Crippen molar-refractivity contribution >= 4 is 17.4 Å². The van der Waals surface area contributed by atoms with Gasteiger partial charge in [0, 0.05) is 6.54 Å². The third kappa shape index (κ3) is 5.28. The van der Waals surface area contributed by atoms with Crippen molar-refractivity contribution in [2.75, 3.05) is 14.2 Å². The number of likely N-dealkylation sites (tertiary alicyclic amines) is 1. The Kier molecular flexibility index (Phi) is 7.47. The van der Waals surface area contributed by atoms with Gasteiger partial charge in [0.15, 0.2) is 0 Å². The van der Waals surface area contributed by atoms with Gasteiger partial charge >= 0.3 is 0 Å². The molecule has 1 aliphatic heterocycles. The average molecular weight is 506 g/mol. The van der Waals surface area contributed by atoms with E-state index in [1.807, 2.05) is 13.8 Å². The number of amides is 1. The maximum Gasteiger partial charge on any atom is 0.295 e. The first-order chi connectivity index (χ1) is 17.7. The molecular weight excluding hydrogens is 477 g/mol. The summed E-state index contributed by atoms with van der Waals surface area (Å²) in [5, 5.41) is 11.3. The lowest BCUT2D eigenvalue weighted by atomic mass is 9.94. The van der Waals surface area contributed by atoms with Crippen molar-refractivity contribution in [2.45, 2.75) is 32.5 Å². The third-order valence-electron chi connectivity index (χ3n) is 6.04. The molecule has 4 rings (SSSR count). The van der Waals surface area contributed by atoms with Crippen LogP contribution in [0.4, 0.5) is 4.39 Å². The lowest BCUT2D eigenvalue weighted by molar-refractivity contribution is -0.140. The number of hydrogen-bond donors (Lipinski definition) is 1. The monoisotopic (exact) mass is 505 g/mol. The van der Waals surface area contributed by atoms with Gasteiger partial charge in [-0.1, -0.05) is 24.3 Å². The Balaban J connectivity index is 1.85. The summed E-state index contributed by atoms with van der Waals surface area (Å²) in [7, 11) is 2.93. The summed E-state index contributed by atoms with van der Waals surface area (Å²) in [4.78, 5) is 28.0. The Hall–Kier alpha value is -4.33. The van der Waals surface area contributed by atoms with Crippen LogP contribution in [0.25, 0.3) is 5.76 Å². The number of ketones is 1. The average Bonchev–Trinajstić information content (AvgIpc) is 3.13. The minimum Gasteiger partial charge on any atom is -0.507 e. The lowest BCUT2D eigenvalue weighted by Crippen LogP contribution is -2.29. The van der Waals surface area contributed by atoms with Crippen LogP contribution in [0.1, 0.15) is 36.6 Å². The van der Waals surface area contributed by atoms with Gasteiger partial charge in [0.1, 0.15) is 28.8 Å². The van der Waals surface area contributed by atoms with E-state index < -0.39 is 29.3 Å². The highest BCUT2D eigenvalue weighted by atomic mass is 19.1. The first kappa shape index (κ1) is 25.8. The van der Waals surface area contributed by atoms with Gasteiger partial charge in [-0.3, -0.25) is 9.59 Å². The number of carbonyl (C=O) groups is 2. The number of aliphatic hydroxyl groups excluding tert-OH is 1. The van der Waals surface area contributed by atoms with Crippen LogP contribution in [0, 0.1) is 5.82 Å². The minimum atomic E-state index is -0.928. The molecule has 0 spiro atoms. The van der Waals surface area contributed by atoms with Crippen molar-refractivity contribution in [3.63, 3.8) is 0 Å². The Bertz CT molecular complexity index is 1330. The molecule has 1 amide bonds. The number of rotatable bonds is 8. The number of Topliss-reactive ketones (excluding diaryl/α,β-unsaturated/α-hetero) is 1. The fourth-order valence-electron chi connectivity index (χ4n) is 4.33. The van der Waals surface area contributed by atoms with E-state index in [9.17, 15) is 19.1 Å². The highest BCUT2D eigenvalue weighted by Gasteiger charge is 2.46. The molecule has 8 heteroatoms. The van der Waals surface area contributed by atoms with E-state index in [2.05, 4.69) is 0 Å². The van der Waals surface area contributed by atoms with E-state index in [1.165, 1.54) is 24.1 Å². The smallest absolute Gasteiger partial charge is 0.295 e. The molecule has 7 nitrogen and oxygen atoms in total. The highest BCUT2D eigenvalue weighted by molar-refractivity contribution is 6.46. The summed E-state index contributed by atoms with van der Waals surface area (Å²) in [6.07, 6.45) is -0.0352. The molecule has 0 saturated carbocycles. The molecule has 1 atom stereocenters. The van der Waals surface area contributed by atoms with E-state index in [0.717, 1.165) is 11.6 Å². The van der Waals surface area contributed by atoms with Crippen molar-refractivity contribution in [1.29, 1.82) is 0 Å². The van der Waals surface area contributed by atoms with Crippen LogP contribution >= 0.6 is 0 Å². The van der Waals surface area contributed by atoms with Crippen molar-refractivity contribution in [3.05, 3.63) is 94.8 Å². The molecule has 1 N–H and O–H groups in total. The maximum absolute atomic E-state index is 14.1. The Morgan fingerprint density at radius 1 is 0.946 bits per heavy atom. The molecule has 1 saturated heterocycles. The quantitative estimate of drug-likeness (QED) is 0.256. The van der Waals surface area contributed by atoms with Gasteiger partial charge in [-0.05, 0) is 67.4 Å². The Morgan fingerprint density at radius 2 is 1.59 bits per heavy atom. The molecule has 1 fully saturated rings. The number of nitrogens with zero attached hydrogens (tertiary/aromatic N) is 1. The molecule has 0 aromatic heterocycles. The number of carbonyl (C=O) groups excluding carboxylic acids is 2. The Labute approximate surface area is 214 Å². The highest BCUT2D eigenvalue weighted by Crippen LogP contribution is 2.42. The van der Waals surface area contributed by atoms with Crippen LogP contribution in [-0.4, -0.2) is 42.0 Å². The summed E-state index contributed by atoms with van der Waals surface area (Å²) in [6.45, 7) is 3.91. The summed E-state index contributed by atoms with van der Waals surface area (Å²) in [6, 6.07) is 16.8. The number of benzene rings is 3. The molecule has 37 heavy (non-hydrogen) atoms. The van der Waals surface area contributed by atoms with E-state index in [0.29, 0.717) is 17.1 Å². The van der Waals surface area contributed by atoms with Crippen molar-refractivity contribution in [3.8, 4) is 17.2 Å². The third-order valence-corrected chi connectivity index (χ3v) is 6.04. The second-order valence-corrected chi connectivity index (χ2v) is 8.86. The number of halogens is 1. The van der Waals surface area contributed by atoms with Gasteiger partial charge in [-0.25, -0.2) is 4.39 Å². The first-order valence-electron chi connectivity index (χ1n) is 11.7. The van der Waals surface area contributed by atoms with Gasteiger partial charge in [0.2, 0.25) is 0 Å². The van der Waals surface area contributed by atoms with Gasteiger partial charge < -0.3 is 24.2 Å².